The Kier molecular flexibility index (Phi) is 26.6. The number of carbonyl (C=O) groups excluding carboxylic acids is 1. The first-order chi connectivity index (χ1) is 9.59. The average Bonchev–Trinajstić information content (AvgIpc) is 2.33. The van der Waals surface area contributed by atoms with Crippen molar-refractivity contribution in [3.8, 4) is 0 Å². The SMILES string of the molecule is CC(C)O.CC(C)O.CCCCCC(CC)(CC)C(C)=O.[Ta]. The van der Waals surface area contributed by atoms with E-state index in [1.54, 1.807) is 34.6 Å². The Morgan fingerprint density at radius 1 is 0.909 bits per heavy atom. The van der Waals surface area contributed by atoms with Crippen LogP contribution in [-0.2, 0) is 27.2 Å². The quantitative estimate of drug-likeness (QED) is 0.513. The third-order valence-electron chi connectivity index (χ3n) is 3.36. The summed E-state index contributed by atoms with van der Waals surface area (Å²) in [5.74, 6) is 0.383. The van der Waals surface area contributed by atoms with E-state index in [0.29, 0.717) is 5.78 Å². The summed E-state index contributed by atoms with van der Waals surface area (Å²) >= 11 is 0. The molecule has 1 radical (unpaired) electrons. The number of unbranched alkanes of at least 4 members (excludes halogenated alkanes) is 2. The third kappa shape index (κ3) is 22.6. The second-order valence-corrected chi connectivity index (χ2v) is 6.19. The molecule has 0 aromatic rings. The van der Waals surface area contributed by atoms with Crippen LogP contribution in [0.3, 0.4) is 0 Å². The summed E-state index contributed by atoms with van der Waals surface area (Å²) in [4.78, 5) is 11.5. The van der Waals surface area contributed by atoms with Crippen molar-refractivity contribution in [2.24, 2.45) is 5.41 Å². The smallest absolute Gasteiger partial charge is 0.135 e. The number of Topliss-reactive ketones (excluding diaryl/α,β-unsaturated/α-hetero) is 1. The van der Waals surface area contributed by atoms with Crippen LogP contribution in [-0.4, -0.2) is 28.2 Å². The van der Waals surface area contributed by atoms with Gasteiger partial charge in [-0.1, -0.05) is 40.0 Å². The van der Waals surface area contributed by atoms with Crippen LogP contribution in [0.4, 0.5) is 0 Å². The minimum absolute atomic E-state index is 0. The molecule has 0 heterocycles. The number of rotatable bonds is 7. The van der Waals surface area contributed by atoms with E-state index in [0.717, 1.165) is 19.3 Å². The van der Waals surface area contributed by atoms with Gasteiger partial charge in [0.2, 0.25) is 0 Å². The van der Waals surface area contributed by atoms with E-state index >= 15 is 0 Å². The number of hydrogen-bond donors (Lipinski definition) is 2. The Bertz CT molecular complexity index is 213. The zero-order chi connectivity index (χ0) is 17.5. The van der Waals surface area contributed by atoms with Gasteiger partial charge < -0.3 is 10.2 Å². The molecule has 0 atom stereocenters. The first kappa shape index (κ1) is 30.2. The molecule has 135 valence electrons. The first-order valence-corrected chi connectivity index (χ1v) is 8.46. The molecule has 0 fully saturated rings. The van der Waals surface area contributed by atoms with Crippen LogP contribution in [0.25, 0.3) is 0 Å². The van der Waals surface area contributed by atoms with Crippen LogP contribution < -0.4 is 0 Å². The van der Waals surface area contributed by atoms with Gasteiger partial charge in [-0.05, 0) is 53.9 Å². The molecular weight excluding hydrogens is 445 g/mol. The zero-order valence-corrected chi connectivity index (χ0v) is 19.4. The topological polar surface area (TPSA) is 57.5 Å². The normalized spacial score (nSPS) is 10.2. The number of carbonyl (C=O) groups is 1. The van der Waals surface area contributed by atoms with Gasteiger partial charge in [-0.3, -0.25) is 4.79 Å². The molecule has 0 rings (SSSR count). The average molecular weight is 485 g/mol. The summed E-state index contributed by atoms with van der Waals surface area (Å²) in [6.45, 7) is 15.1. The van der Waals surface area contributed by atoms with Crippen molar-refractivity contribution < 1.29 is 37.4 Å². The molecule has 0 saturated heterocycles. The molecule has 0 aromatic heterocycles. The molecule has 0 bridgehead atoms. The van der Waals surface area contributed by atoms with Crippen LogP contribution in [0.2, 0.25) is 0 Å². The standard InChI is InChI=1S/C12H24O.2C3H8O.Ta/c1-5-8-9-10-12(6-2,7-3)11(4)13;2*1-3(2)4;/h5-10H2,1-4H3;2*3-4H,1-2H3;. The summed E-state index contributed by atoms with van der Waals surface area (Å²) in [6.07, 6.45) is 6.46. The summed E-state index contributed by atoms with van der Waals surface area (Å²) in [7, 11) is 0. The van der Waals surface area contributed by atoms with E-state index in [2.05, 4.69) is 20.8 Å². The fourth-order valence-corrected chi connectivity index (χ4v) is 1.99. The molecular formula is C18H40O3Ta. The molecule has 4 heteroatoms. The Labute approximate surface area is 154 Å². The first-order valence-electron chi connectivity index (χ1n) is 8.46. The fourth-order valence-electron chi connectivity index (χ4n) is 1.99. The Hall–Kier alpha value is 0.330. The van der Waals surface area contributed by atoms with E-state index in [9.17, 15) is 4.79 Å². The van der Waals surface area contributed by atoms with Gasteiger partial charge in [0, 0.05) is 40.0 Å². The second-order valence-electron chi connectivity index (χ2n) is 6.19. The maximum Gasteiger partial charge on any atom is 0.135 e. The monoisotopic (exact) mass is 485 g/mol. The fraction of sp³-hybridized carbons (Fsp3) is 0.944. The number of aliphatic hydroxyl groups excluding tert-OH is 2. The zero-order valence-electron chi connectivity index (χ0n) is 16.1. The van der Waals surface area contributed by atoms with Gasteiger partial charge in [0.25, 0.3) is 0 Å². The number of ketones is 1. The predicted molar refractivity (Wildman–Crippen MR) is 92.5 cm³/mol. The molecule has 0 aromatic carbocycles. The molecule has 0 aliphatic carbocycles. The van der Waals surface area contributed by atoms with Gasteiger partial charge in [0.1, 0.15) is 5.78 Å². The van der Waals surface area contributed by atoms with Crippen molar-refractivity contribution in [2.45, 2.75) is 106 Å². The van der Waals surface area contributed by atoms with Gasteiger partial charge >= 0.3 is 0 Å². The van der Waals surface area contributed by atoms with E-state index in [-0.39, 0.29) is 40.0 Å². The molecule has 0 spiro atoms. The molecule has 0 saturated carbocycles. The van der Waals surface area contributed by atoms with Crippen LogP contribution in [0.1, 0.15) is 93.9 Å². The van der Waals surface area contributed by atoms with Crippen molar-refractivity contribution in [2.75, 3.05) is 0 Å². The van der Waals surface area contributed by atoms with Gasteiger partial charge in [0.15, 0.2) is 0 Å². The van der Waals surface area contributed by atoms with Crippen molar-refractivity contribution in [3.05, 3.63) is 0 Å². The van der Waals surface area contributed by atoms with Crippen LogP contribution in [0.15, 0.2) is 0 Å². The van der Waals surface area contributed by atoms with Gasteiger partial charge in [-0.2, -0.15) is 0 Å². The van der Waals surface area contributed by atoms with Gasteiger partial charge in [0.05, 0.1) is 0 Å². The summed E-state index contributed by atoms with van der Waals surface area (Å²) < 4.78 is 0. The second kappa shape index (κ2) is 19.4. The molecule has 0 aliphatic rings. The molecule has 0 unspecified atom stereocenters. The summed E-state index contributed by atoms with van der Waals surface area (Å²) in [5, 5.41) is 16.1. The van der Waals surface area contributed by atoms with E-state index in [1.807, 2.05) is 0 Å². The number of aliphatic hydroxyl groups is 2. The van der Waals surface area contributed by atoms with Crippen LogP contribution >= 0.6 is 0 Å². The van der Waals surface area contributed by atoms with E-state index in [4.69, 9.17) is 10.2 Å². The Balaban J connectivity index is -0.000000150. The van der Waals surface area contributed by atoms with Crippen LogP contribution in [0, 0.1) is 5.41 Å². The maximum absolute atomic E-state index is 11.5. The largest absolute Gasteiger partial charge is 0.394 e. The number of hydrogen-bond acceptors (Lipinski definition) is 3. The van der Waals surface area contributed by atoms with E-state index in [1.165, 1.54) is 19.3 Å². The van der Waals surface area contributed by atoms with Gasteiger partial charge in [-0.25, -0.2) is 0 Å². The minimum atomic E-state index is -0.167. The van der Waals surface area contributed by atoms with Crippen molar-refractivity contribution in [3.63, 3.8) is 0 Å². The van der Waals surface area contributed by atoms with E-state index < -0.39 is 0 Å². The van der Waals surface area contributed by atoms with Crippen molar-refractivity contribution in [1.82, 2.24) is 0 Å². The molecule has 3 nitrogen and oxygen atoms in total. The van der Waals surface area contributed by atoms with Gasteiger partial charge in [-0.15, -0.1) is 0 Å². The predicted octanol–water partition coefficient (Wildman–Crippen LogP) is 4.73. The summed E-state index contributed by atoms with van der Waals surface area (Å²) in [5.41, 5.74) is -0.00479. The Morgan fingerprint density at radius 2 is 1.23 bits per heavy atom. The molecule has 0 amide bonds. The minimum Gasteiger partial charge on any atom is -0.394 e. The Morgan fingerprint density at radius 3 is 1.41 bits per heavy atom. The molecule has 22 heavy (non-hydrogen) atoms. The molecule has 2 N–H and O–H groups in total. The maximum atomic E-state index is 11.5. The molecule has 0 aliphatic heterocycles. The van der Waals surface area contributed by atoms with Crippen molar-refractivity contribution >= 4 is 5.78 Å². The summed E-state index contributed by atoms with van der Waals surface area (Å²) in [6, 6.07) is 0. The van der Waals surface area contributed by atoms with Crippen molar-refractivity contribution in [1.29, 1.82) is 0 Å². The third-order valence-corrected chi connectivity index (χ3v) is 3.36. The van der Waals surface area contributed by atoms with Crippen LogP contribution in [0.5, 0.6) is 0 Å².